The number of hydrogen-bond acceptors (Lipinski definition) is 3. The minimum Gasteiger partial charge on any atom is -0.484 e. The van der Waals surface area contributed by atoms with Gasteiger partial charge < -0.3 is 15.0 Å². The predicted octanol–water partition coefficient (Wildman–Crippen LogP) is 4.81. The van der Waals surface area contributed by atoms with Crippen molar-refractivity contribution in [3.63, 3.8) is 0 Å². The van der Waals surface area contributed by atoms with E-state index >= 15 is 0 Å². The topological polar surface area (TPSA) is 41.6 Å². The number of ether oxygens (including phenoxy) is 1. The Labute approximate surface area is 174 Å². The highest BCUT2D eigenvalue weighted by molar-refractivity contribution is 5.78. The minimum absolute atomic E-state index is 0.0370. The van der Waals surface area contributed by atoms with Crippen LogP contribution in [0.25, 0.3) is 0 Å². The Morgan fingerprint density at radius 3 is 2.45 bits per heavy atom. The van der Waals surface area contributed by atoms with Gasteiger partial charge in [-0.3, -0.25) is 4.79 Å². The first kappa shape index (κ1) is 19.8. The zero-order chi connectivity index (χ0) is 20.1. The largest absolute Gasteiger partial charge is 0.484 e. The summed E-state index contributed by atoms with van der Waals surface area (Å²) in [5.41, 5.74) is 5.20. The second-order valence-corrected chi connectivity index (χ2v) is 8.35. The molecule has 4 nitrogen and oxygen atoms in total. The maximum atomic E-state index is 12.4. The summed E-state index contributed by atoms with van der Waals surface area (Å²) in [6.07, 6.45) is 8.67. The summed E-state index contributed by atoms with van der Waals surface area (Å²) in [7, 11) is 0. The molecule has 1 N–H and O–H groups in total. The predicted molar refractivity (Wildman–Crippen MR) is 118 cm³/mol. The lowest BCUT2D eigenvalue weighted by Gasteiger charge is -2.29. The molecule has 0 spiro atoms. The molecule has 1 aliphatic carbocycles. The van der Waals surface area contributed by atoms with Gasteiger partial charge in [0.15, 0.2) is 6.61 Å². The van der Waals surface area contributed by atoms with E-state index in [0.29, 0.717) is 0 Å². The summed E-state index contributed by atoms with van der Waals surface area (Å²) in [4.78, 5) is 14.8. The van der Waals surface area contributed by atoms with Gasteiger partial charge in [0.05, 0.1) is 6.04 Å². The molecule has 1 fully saturated rings. The maximum absolute atomic E-state index is 12.4. The van der Waals surface area contributed by atoms with E-state index in [4.69, 9.17) is 4.74 Å². The van der Waals surface area contributed by atoms with Gasteiger partial charge in [0.25, 0.3) is 5.91 Å². The Bertz CT molecular complexity index is 825. The highest BCUT2D eigenvalue weighted by Crippen LogP contribution is 2.25. The second kappa shape index (κ2) is 9.34. The molecule has 0 aromatic heterocycles. The molecule has 2 aromatic rings. The number of piperidine rings is 1. The van der Waals surface area contributed by atoms with E-state index < -0.39 is 0 Å². The van der Waals surface area contributed by atoms with Crippen molar-refractivity contribution in [1.82, 2.24) is 5.32 Å². The number of fused-ring (bicyclic) bond motifs is 1. The fourth-order valence-electron chi connectivity index (χ4n) is 4.44. The first-order valence-electron chi connectivity index (χ1n) is 11.1. The molecule has 1 saturated heterocycles. The molecule has 0 radical (unpaired) electrons. The third kappa shape index (κ3) is 5.11. The molecular formula is C25H32N2O2. The maximum Gasteiger partial charge on any atom is 0.258 e. The van der Waals surface area contributed by atoms with Crippen LogP contribution >= 0.6 is 0 Å². The summed E-state index contributed by atoms with van der Waals surface area (Å²) in [5, 5.41) is 3.05. The zero-order valence-corrected chi connectivity index (χ0v) is 17.5. The number of carbonyl (C=O) groups excluding carboxylic acids is 1. The lowest BCUT2D eigenvalue weighted by molar-refractivity contribution is -0.123. The summed E-state index contributed by atoms with van der Waals surface area (Å²) < 4.78 is 5.75. The monoisotopic (exact) mass is 392 g/mol. The number of amides is 1. The van der Waals surface area contributed by atoms with Gasteiger partial charge in [-0.2, -0.15) is 0 Å². The highest BCUT2D eigenvalue weighted by atomic mass is 16.5. The summed E-state index contributed by atoms with van der Waals surface area (Å²) >= 11 is 0. The fourth-order valence-corrected chi connectivity index (χ4v) is 4.44. The molecule has 4 heteroatoms. The Balaban J connectivity index is 1.28. The number of rotatable bonds is 6. The number of nitrogens with one attached hydrogen (secondary N) is 1. The quantitative estimate of drug-likeness (QED) is 0.767. The van der Waals surface area contributed by atoms with Gasteiger partial charge in [-0.1, -0.05) is 18.2 Å². The average Bonchev–Trinajstić information content (AvgIpc) is 2.78. The van der Waals surface area contributed by atoms with E-state index in [1.54, 1.807) is 0 Å². The van der Waals surface area contributed by atoms with E-state index in [9.17, 15) is 4.79 Å². The van der Waals surface area contributed by atoms with Crippen LogP contribution in [0.15, 0.2) is 42.5 Å². The Morgan fingerprint density at radius 1 is 0.966 bits per heavy atom. The molecule has 1 amide bonds. The van der Waals surface area contributed by atoms with Crippen LogP contribution in [0.4, 0.5) is 5.69 Å². The normalized spacial score (nSPS) is 17.3. The lowest BCUT2D eigenvalue weighted by atomic mass is 9.92. The van der Waals surface area contributed by atoms with Crippen molar-refractivity contribution in [2.24, 2.45) is 0 Å². The Kier molecular flexibility index (Phi) is 6.38. The molecule has 2 aliphatic rings. The molecule has 4 rings (SSSR count). The lowest BCUT2D eigenvalue weighted by Crippen LogP contribution is -2.31. The van der Waals surface area contributed by atoms with Gasteiger partial charge in [0.1, 0.15) is 5.75 Å². The summed E-state index contributed by atoms with van der Waals surface area (Å²) in [6, 6.07) is 14.8. The molecule has 0 saturated carbocycles. The van der Waals surface area contributed by atoms with Crippen molar-refractivity contribution in [2.75, 3.05) is 24.6 Å². The van der Waals surface area contributed by atoms with Gasteiger partial charge in [-0.15, -0.1) is 0 Å². The van der Waals surface area contributed by atoms with Crippen molar-refractivity contribution < 1.29 is 9.53 Å². The highest BCUT2D eigenvalue weighted by Gasteiger charge is 2.14. The molecule has 1 heterocycles. The number of carbonyl (C=O) groups is 1. The first-order valence-corrected chi connectivity index (χ1v) is 11.1. The molecule has 1 unspecified atom stereocenters. The van der Waals surface area contributed by atoms with Crippen LogP contribution in [-0.2, 0) is 17.6 Å². The summed E-state index contributed by atoms with van der Waals surface area (Å²) in [5.74, 6) is 0.703. The number of aryl methyl sites for hydroxylation is 2. The van der Waals surface area contributed by atoms with Gasteiger partial charge in [0, 0.05) is 18.8 Å². The van der Waals surface area contributed by atoms with Gasteiger partial charge in [0.2, 0.25) is 0 Å². The SMILES string of the molecule is CC(NC(=O)COc1ccc2c(c1)CCCC2)c1ccc(N2CCCCC2)cc1. The second-order valence-electron chi connectivity index (χ2n) is 8.35. The molecule has 0 bridgehead atoms. The van der Waals surface area contributed by atoms with Crippen molar-refractivity contribution in [3.05, 3.63) is 59.2 Å². The van der Waals surface area contributed by atoms with Gasteiger partial charge in [-0.05, 0) is 92.8 Å². The van der Waals surface area contributed by atoms with E-state index in [-0.39, 0.29) is 18.6 Å². The Hall–Kier alpha value is -2.49. The van der Waals surface area contributed by atoms with Crippen molar-refractivity contribution >= 4 is 11.6 Å². The molecule has 29 heavy (non-hydrogen) atoms. The van der Waals surface area contributed by atoms with Crippen LogP contribution < -0.4 is 15.0 Å². The zero-order valence-electron chi connectivity index (χ0n) is 17.5. The third-order valence-electron chi connectivity index (χ3n) is 6.18. The molecule has 154 valence electrons. The van der Waals surface area contributed by atoms with Gasteiger partial charge in [-0.25, -0.2) is 0 Å². The van der Waals surface area contributed by atoms with Crippen LogP contribution in [-0.4, -0.2) is 25.6 Å². The van der Waals surface area contributed by atoms with E-state index in [0.717, 1.165) is 37.2 Å². The summed E-state index contributed by atoms with van der Waals surface area (Å²) in [6.45, 7) is 4.36. The van der Waals surface area contributed by atoms with Crippen LogP contribution in [0.3, 0.4) is 0 Å². The van der Waals surface area contributed by atoms with Crippen molar-refractivity contribution in [2.45, 2.75) is 57.9 Å². The first-order chi connectivity index (χ1) is 14.2. The van der Waals surface area contributed by atoms with Crippen LogP contribution in [0.5, 0.6) is 5.75 Å². The Morgan fingerprint density at radius 2 is 1.69 bits per heavy atom. The molecular weight excluding hydrogens is 360 g/mol. The minimum atomic E-state index is -0.0877. The number of hydrogen-bond donors (Lipinski definition) is 1. The van der Waals surface area contributed by atoms with Crippen LogP contribution in [0, 0.1) is 0 Å². The molecule has 1 aliphatic heterocycles. The van der Waals surface area contributed by atoms with Crippen LogP contribution in [0.2, 0.25) is 0 Å². The molecule has 1 atom stereocenters. The number of benzene rings is 2. The number of nitrogens with zero attached hydrogens (tertiary/aromatic N) is 1. The van der Waals surface area contributed by atoms with Gasteiger partial charge >= 0.3 is 0 Å². The van der Waals surface area contributed by atoms with E-state index in [1.165, 1.54) is 48.9 Å². The number of anilines is 1. The van der Waals surface area contributed by atoms with Crippen molar-refractivity contribution in [3.8, 4) is 5.75 Å². The molecule has 2 aromatic carbocycles. The fraction of sp³-hybridized carbons (Fsp3) is 0.480. The third-order valence-corrected chi connectivity index (χ3v) is 6.18. The average molecular weight is 393 g/mol. The van der Waals surface area contributed by atoms with Crippen LogP contribution in [0.1, 0.15) is 61.8 Å². The van der Waals surface area contributed by atoms with E-state index in [1.807, 2.05) is 13.0 Å². The van der Waals surface area contributed by atoms with Crippen molar-refractivity contribution in [1.29, 1.82) is 0 Å². The van der Waals surface area contributed by atoms with E-state index in [2.05, 4.69) is 46.6 Å². The smallest absolute Gasteiger partial charge is 0.258 e. The standard InChI is InChI=1S/C25H32N2O2/c1-19(20-9-12-23(13-10-20)27-15-5-2-6-16-27)26-25(28)18-29-24-14-11-21-7-3-4-8-22(21)17-24/h9-14,17,19H,2-8,15-16,18H2,1H3,(H,26,28).